The Hall–Kier alpha value is -1.84. The van der Waals surface area contributed by atoms with Gasteiger partial charge in [0.15, 0.2) is 10.4 Å². The van der Waals surface area contributed by atoms with Crippen LogP contribution in [0.3, 0.4) is 0 Å². The van der Waals surface area contributed by atoms with Gasteiger partial charge >= 0.3 is 0 Å². The second-order valence-electron chi connectivity index (χ2n) is 11.6. The Kier molecular flexibility index (Phi) is 14.4. The summed E-state index contributed by atoms with van der Waals surface area (Å²) in [5, 5.41) is 0.824. The summed E-state index contributed by atoms with van der Waals surface area (Å²) < 4.78 is 44.7. The van der Waals surface area contributed by atoms with Gasteiger partial charge in [-0.1, -0.05) is 62.4 Å². The van der Waals surface area contributed by atoms with Gasteiger partial charge in [0.05, 0.1) is 32.1 Å². The lowest BCUT2D eigenvalue weighted by Gasteiger charge is -2.28. The third-order valence-corrected chi connectivity index (χ3v) is 8.53. The molecule has 41 heavy (non-hydrogen) atoms. The van der Waals surface area contributed by atoms with Gasteiger partial charge in [0.2, 0.25) is 0 Å². The lowest BCUT2D eigenvalue weighted by atomic mass is 10.0. The van der Waals surface area contributed by atoms with E-state index in [0.29, 0.717) is 5.92 Å². The van der Waals surface area contributed by atoms with Crippen molar-refractivity contribution < 1.29 is 26.6 Å². The van der Waals surface area contributed by atoms with Crippen LogP contribution in [0, 0.1) is 13.8 Å². The minimum absolute atomic E-state index is 0.178. The number of rotatable bonds is 14. The molecular weight excluding hydrogens is 626 g/mol. The predicted octanol–water partition coefficient (Wildman–Crippen LogP) is 9.02. The Morgan fingerprint density at radius 1 is 0.951 bits per heavy atom. The molecule has 1 heterocycles. The van der Waals surface area contributed by atoms with Crippen LogP contribution in [0.2, 0.25) is 5.02 Å². The maximum Gasteiger partial charge on any atom is 0.169 e. The molecule has 0 aliphatic heterocycles. The van der Waals surface area contributed by atoms with Crippen molar-refractivity contribution in [1.82, 2.24) is 0 Å². The molecule has 0 aliphatic rings. The van der Waals surface area contributed by atoms with Crippen molar-refractivity contribution in [3.05, 3.63) is 80.7 Å². The van der Waals surface area contributed by atoms with Gasteiger partial charge in [0.25, 0.3) is 0 Å². The van der Waals surface area contributed by atoms with Crippen molar-refractivity contribution in [2.75, 3.05) is 27.2 Å². The SMILES string of the molecule is Cc1cc(OCCCCCCCC[N+](C)(C)Cc2ccc(Br)o2)c(C(C)C)cc1Cl.Cc1ccc(S(=O)(=O)[O-])cc1. The highest BCUT2D eigenvalue weighted by Crippen LogP contribution is 2.32. The first-order chi connectivity index (χ1) is 19.2. The molecule has 6 nitrogen and oxygen atoms in total. The molecule has 1 aromatic heterocycles. The number of hydrogen-bond acceptors (Lipinski definition) is 5. The Labute approximate surface area is 260 Å². The van der Waals surface area contributed by atoms with Crippen LogP contribution in [0.4, 0.5) is 0 Å². The standard InChI is InChI=1S/C25H38BrClNO2.C7H8O3S/c1-19(2)22-17-23(27)20(3)16-24(22)29-15-11-9-7-6-8-10-14-28(4,5)18-21-12-13-25(26)30-21;1-6-2-4-7(5-3-6)11(8,9)10/h12-13,16-17,19H,6-11,14-15,18H2,1-5H3;2-5H,1H3,(H,8,9,10)/q+1;/p-1. The van der Waals surface area contributed by atoms with Crippen molar-refractivity contribution in [3.8, 4) is 5.75 Å². The maximum atomic E-state index is 10.4. The Balaban J connectivity index is 0.000000446. The third kappa shape index (κ3) is 13.3. The third-order valence-electron chi connectivity index (χ3n) is 6.85. The van der Waals surface area contributed by atoms with Gasteiger partial charge in [0.1, 0.15) is 22.4 Å². The van der Waals surface area contributed by atoms with Crippen LogP contribution < -0.4 is 4.74 Å². The summed E-state index contributed by atoms with van der Waals surface area (Å²) in [7, 11) is 0.281. The summed E-state index contributed by atoms with van der Waals surface area (Å²) in [4.78, 5) is -0.178. The fourth-order valence-electron chi connectivity index (χ4n) is 4.42. The molecule has 0 saturated heterocycles. The van der Waals surface area contributed by atoms with Crippen LogP contribution in [0.5, 0.6) is 5.75 Å². The summed E-state index contributed by atoms with van der Waals surface area (Å²) in [5.74, 6) is 2.45. The van der Waals surface area contributed by atoms with Crippen LogP contribution in [-0.4, -0.2) is 44.7 Å². The average molecular weight is 671 g/mol. The van der Waals surface area contributed by atoms with Crippen LogP contribution in [-0.2, 0) is 16.7 Å². The van der Waals surface area contributed by atoms with Crippen LogP contribution in [0.15, 0.2) is 62.5 Å². The zero-order valence-corrected chi connectivity index (χ0v) is 28.4. The number of halogens is 2. The van der Waals surface area contributed by atoms with E-state index in [1.807, 2.05) is 19.9 Å². The highest BCUT2D eigenvalue weighted by atomic mass is 79.9. The van der Waals surface area contributed by atoms with Gasteiger partial charge in [-0.15, -0.1) is 0 Å². The molecule has 3 rings (SSSR count). The molecule has 2 aromatic carbocycles. The molecule has 0 saturated carbocycles. The molecule has 0 atom stereocenters. The molecule has 0 amide bonds. The molecular formula is C32H45BrClNO5S. The fraction of sp³-hybridized carbons (Fsp3) is 0.500. The van der Waals surface area contributed by atoms with Crippen molar-refractivity contribution in [1.29, 1.82) is 0 Å². The van der Waals surface area contributed by atoms with E-state index >= 15 is 0 Å². The summed E-state index contributed by atoms with van der Waals surface area (Å²) in [6.45, 7) is 11.1. The topological polar surface area (TPSA) is 79.6 Å². The average Bonchev–Trinajstić information content (AvgIpc) is 3.28. The molecule has 3 aromatic rings. The summed E-state index contributed by atoms with van der Waals surface area (Å²) in [6, 6.07) is 13.9. The molecule has 0 radical (unpaired) electrons. The number of aryl methyl sites for hydroxylation is 2. The van der Waals surface area contributed by atoms with Gasteiger partial charge in [-0.25, -0.2) is 8.42 Å². The van der Waals surface area contributed by atoms with E-state index < -0.39 is 10.1 Å². The second kappa shape index (κ2) is 16.7. The zero-order chi connectivity index (χ0) is 30.6. The van der Waals surface area contributed by atoms with Crippen LogP contribution in [0.25, 0.3) is 0 Å². The highest BCUT2D eigenvalue weighted by Gasteiger charge is 2.17. The Morgan fingerprint density at radius 3 is 2.12 bits per heavy atom. The number of benzene rings is 2. The number of nitrogens with zero attached hydrogens (tertiary/aromatic N) is 1. The van der Waals surface area contributed by atoms with Gasteiger partial charge in [-0.05, 0) is 102 Å². The van der Waals surface area contributed by atoms with E-state index in [9.17, 15) is 13.0 Å². The number of quaternary nitrogens is 1. The van der Waals surface area contributed by atoms with Gasteiger partial charge in [0, 0.05) is 5.02 Å². The number of unbranched alkanes of at least 4 members (excludes halogenated alkanes) is 5. The summed E-state index contributed by atoms with van der Waals surface area (Å²) in [5.41, 5.74) is 3.21. The molecule has 0 N–H and O–H groups in total. The van der Waals surface area contributed by atoms with Gasteiger partial charge in [-0.2, -0.15) is 0 Å². The predicted molar refractivity (Wildman–Crippen MR) is 170 cm³/mol. The van der Waals surface area contributed by atoms with E-state index in [4.69, 9.17) is 20.8 Å². The largest absolute Gasteiger partial charge is 0.744 e. The monoisotopic (exact) mass is 669 g/mol. The fourth-order valence-corrected chi connectivity index (χ4v) is 5.40. The van der Waals surface area contributed by atoms with E-state index in [-0.39, 0.29) is 4.90 Å². The maximum absolute atomic E-state index is 10.4. The quantitative estimate of drug-likeness (QED) is 0.0972. The molecule has 228 valence electrons. The molecule has 9 heteroatoms. The molecule has 0 aliphatic carbocycles. The lowest BCUT2D eigenvalue weighted by Crippen LogP contribution is -2.39. The molecule has 0 fully saturated rings. The minimum Gasteiger partial charge on any atom is -0.744 e. The van der Waals surface area contributed by atoms with E-state index in [1.54, 1.807) is 12.1 Å². The molecule has 0 unspecified atom stereocenters. The Bertz CT molecular complexity index is 1320. The first kappa shape index (κ1) is 35.4. The van der Waals surface area contributed by atoms with E-state index in [1.165, 1.54) is 56.3 Å². The zero-order valence-electron chi connectivity index (χ0n) is 25.2. The highest BCUT2D eigenvalue weighted by molar-refractivity contribution is 9.10. The number of hydrogen-bond donors (Lipinski definition) is 0. The lowest BCUT2D eigenvalue weighted by molar-refractivity contribution is -0.904. The molecule has 0 spiro atoms. The summed E-state index contributed by atoms with van der Waals surface area (Å²) in [6.07, 6.45) is 7.45. The van der Waals surface area contributed by atoms with Gasteiger partial charge in [-0.3, -0.25) is 0 Å². The van der Waals surface area contributed by atoms with Crippen molar-refractivity contribution in [3.63, 3.8) is 0 Å². The smallest absolute Gasteiger partial charge is 0.169 e. The first-order valence-corrected chi connectivity index (χ1v) is 16.8. The van der Waals surface area contributed by atoms with Crippen LogP contribution in [0.1, 0.15) is 80.7 Å². The Morgan fingerprint density at radius 2 is 1.56 bits per heavy atom. The number of furan rings is 1. The normalized spacial score (nSPS) is 11.9. The van der Waals surface area contributed by atoms with Crippen molar-refractivity contribution in [2.45, 2.75) is 83.6 Å². The van der Waals surface area contributed by atoms with E-state index in [0.717, 1.165) is 56.4 Å². The second-order valence-corrected chi connectivity index (χ2v) is 14.1. The van der Waals surface area contributed by atoms with Crippen molar-refractivity contribution in [2.24, 2.45) is 0 Å². The van der Waals surface area contributed by atoms with E-state index in [2.05, 4.69) is 62.1 Å². The summed E-state index contributed by atoms with van der Waals surface area (Å²) >= 11 is 9.66. The molecule has 0 bridgehead atoms. The van der Waals surface area contributed by atoms with Crippen LogP contribution >= 0.6 is 27.5 Å². The van der Waals surface area contributed by atoms with Crippen molar-refractivity contribution >= 4 is 37.6 Å². The first-order valence-electron chi connectivity index (χ1n) is 14.2. The number of ether oxygens (including phenoxy) is 1. The minimum atomic E-state index is -4.27. The van der Waals surface area contributed by atoms with Gasteiger partial charge < -0.3 is 18.2 Å².